The van der Waals surface area contributed by atoms with Crippen LogP contribution in [0.15, 0.2) is 48.8 Å². The summed E-state index contributed by atoms with van der Waals surface area (Å²) in [5.41, 5.74) is 0.689. The maximum atomic E-state index is 12.7. The Labute approximate surface area is 173 Å². The number of amides is 2. The lowest BCUT2D eigenvalue weighted by molar-refractivity contribution is 0.174. The van der Waals surface area contributed by atoms with E-state index in [4.69, 9.17) is 9.47 Å². The van der Waals surface area contributed by atoms with Gasteiger partial charge in [-0.15, -0.1) is 0 Å². The zero-order valence-electron chi connectivity index (χ0n) is 16.6. The molecule has 2 amide bonds. The van der Waals surface area contributed by atoms with E-state index in [1.165, 1.54) is 0 Å². The summed E-state index contributed by atoms with van der Waals surface area (Å²) >= 11 is 0. The lowest BCUT2D eigenvalue weighted by atomic mass is 10.2. The van der Waals surface area contributed by atoms with Crippen molar-refractivity contribution in [1.82, 2.24) is 19.4 Å². The number of nitrogens with one attached hydrogen (secondary N) is 1. The molecule has 1 N–H and O–H groups in total. The largest absolute Gasteiger partial charge is 0.454 e. The molecule has 0 unspecified atom stereocenters. The van der Waals surface area contributed by atoms with Gasteiger partial charge in [-0.2, -0.15) is 0 Å². The number of carbonyl (C=O) groups is 1. The highest BCUT2D eigenvalue weighted by Gasteiger charge is 2.23. The van der Waals surface area contributed by atoms with E-state index in [1.54, 1.807) is 12.1 Å². The Kier molecular flexibility index (Phi) is 4.62. The number of urea groups is 1. The van der Waals surface area contributed by atoms with Crippen LogP contribution < -0.4 is 19.7 Å². The van der Waals surface area contributed by atoms with Crippen molar-refractivity contribution in [3.63, 3.8) is 0 Å². The SMILES string of the molecule is Cc1nc(N2CCN(C(=O)Nc3ccc4c(c3)OCO4)CC2)cc(-n2cccc2)n1. The minimum Gasteiger partial charge on any atom is -0.454 e. The predicted octanol–water partition coefficient (Wildman–Crippen LogP) is 2.66. The summed E-state index contributed by atoms with van der Waals surface area (Å²) < 4.78 is 12.6. The van der Waals surface area contributed by atoms with Gasteiger partial charge in [-0.3, -0.25) is 0 Å². The van der Waals surface area contributed by atoms with Crippen molar-refractivity contribution in [1.29, 1.82) is 0 Å². The molecule has 1 saturated heterocycles. The van der Waals surface area contributed by atoms with Gasteiger partial charge in [-0.25, -0.2) is 14.8 Å². The van der Waals surface area contributed by atoms with Gasteiger partial charge in [0, 0.05) is 56.4 Å². The Balaban J connectivity index is 1.23. The number of ether oxygens (including phenoxy) is 2. The third kappa shape index (κ3) is 3.61. The van der Waals surface area contributed by atoms with Crippen LogP contribution in [-0.4, -0.2) is 58.4 Å². The Morgan fingerprint density at radius 3 is 2.50 bits per heavy atom. The predicted molar refractivity (Wildman–Crippen MR) is 111 cm³/mol. The molecule has 5 rings (SSSR count). The summed E-state index contributed by atoms with van der Waals surface area (Å²) in [6.45, 7) is 4.73. The molecule has 30 heavy (non-hydrogen) atoms. The van der Waals surface area contributed by atoms with Gasteiger partial charge in [0.2, 0.25) is 6.79 Å². The molecule has 2 aliphatic rings. The van der Waals surface area contributed by atoms with Crippen LogP contribution in [0.1, 0.15) is 5.82 Å². The third-order valence-electron chi connectivity index (χ3n) is 5.19. The number of hydrogen-bond acceptors (Lipinski definition) is 6. The molecule has 0 bridgehead atoms. The number of fused-ring (bicyclic) bond motifs is 1. The van der Waals surface area contributed by atoms with Gasteiger partial charge in [0.25, 0.3) is 0 Å². The minimum absolute atomic E-state index is 0.125. The van der Waals surface area contributed by atoms with E-state index in [1.807, 2.05) is 53.0 Å². The fourth-order valence-electron chi connectivity index (χ4n) is 3.63. The molecule has 1 fully saturated rings. The lowest BCUT2D eigenvalue weighted by Gasteiger charge is -2.35. The van der Waals surface area contributed by atoms with Crippen molar-refractivity contribution in [2.24, 2.45) is 0 Å². The molecule has 2 aliphatic heterocycles. The van der Waals surface area contributed by atoms with Crippen molar-refractivity contribution in [2.75, 3.05) is 43.2 Å². The normalized spacial score (nSPS) is 15.4. The summed E-state index contributed by atoms with van der Waals surface area (Å²) in [4.78, 5) is 25.8. The molecule has 154 valence electrons. The molecule has 0 spiro atoms. The molecule has 3 aromatic rings. The highest BCUT2D eigenvalue weighted by molar-refractivity contribution is 5.90. The fourth-order valence-corrected chi connectivity index (χ4v) is 3.63. The molecule has 0 radical (unpaired) electrons. The summed E-state index contributed by atoms with van der Waals surface area (Å²) in [6, 6.07) is 11.2. The van der Waals surface area contributed by atoms with E-state index in [-0.39, 0.29) is 12.8 Å². The Bertz CT molecular complexity index is 1060. The number of rotatable bonds is 3. The average molecular weight is 406 g/mol. The molecule has 0 saturated carbocycles. The number of aryl methyl sites for hydroxylation is 1. The van der Waals surface area contributed by atoms with E-state index >= 15 is 0 Å². The monoisotopic (exact) mass is 406 g/mol. The smallest absolute Gasteiger partial charge is 0.321 e. The van der Waals surface area contributed by atoms with Crippen LogP contribution in [0.2, 0.25) is 0 Å². The molecule has 1 aromatic carbocycles. The van der Waals surface area contributed by atoms with Crippen LogP contribution in [-0.2, 0) is 0 Å². The topological polar surface area (TPSA) is 84.8 Å². The van der Waals surface area contributed by atoms with Crippen LogP contribution >= 0.6 is 0 Å². The number of benzene rings is 1. The summed E-state index contributed by atoms with van der Waals surface area (Å²) in [6.07, 6.45) is 3.92. The van der Waals surface area contributed by atoms with E-state index in [0.717, 1.165) is 17.5 Å². The van der Waals surface area contributed by atoms with Crippen LogP contribution in [0.5, 0.6) is 11.5 Å². The molecule has 0 aliphatic carbocycles. The molecular formula is C21H22N6O3. The molecule has 2 aromatic heterocycles. The van der Waals surface area contributed by atoms with Crippen LogP contribution in [0.3, 0.4) is 0 Å². The van der Waals surface area contributed by atoms with Crippen molar-refractivity contribution in [3.8, 4) is 17.3 Å². The van der Waals surface area contributed by atoms with E-state index in [9.17, 15) is 4.79 Å². The first kappa shape index (κ1) is 18.3. The van der Waals surface area contributed by atoms with Gasteiger partial charge < -0.3 is 29.2 Å². The quantitative estimate of drug-likeness (QED) is 0.720. The molecule has 0 atom stereocenters. The van der Waals surface area contributed by atoms with Crippen LogP contribution in [0.4, 0.5) is 16.3 Å². The maximum Gasteiger partial charge on any atom is 0.321 e. The minimum atomic E-state index is -0.125. The third-order valence-corrected chi connectivity index (χ3v) is 5.19. The highest BCUT2D eigenvalue weighted by atomic mass is 16.7. The molecule has 9 heteroatoms. The number of piperazine rings is 1. The first-order chi connectivity index (χ1) is 14.7. The Morgan fingerprint density at radius 1 is 0.967 bits per heavy atom. The van der Waals surface area contributed by atoms with Crippen LogP contribution in [0.25, 0.3) is 5.82 Å². The zero-order valence-corrected chi connectivity index (χ0v) is 16.6. The molecule has 9 nitrogen and oxygen atoms in total. The number of hydrogen-bond donors (Lipinski definition) is 1. The Morgan fingerprint density at radius 2 is 1.70 bits per heavy atom. The van der Waals surface area contributed by atoms with Gasteiger partial charge in [0.05, 0.1) is 0 Å². The fraction of sp³-hybridized carbons (Fsp3) is 0.286. The maximum absolute atomic E-state index is 12.7. The number of anilines is 2. The average Bonchev–Trinajstić information content (AvgIpc) is 3.45. The summed E-state index contributed by atoms with van der Waals surface area (Å²) in [7, 11) is 0. The first-order valence-corrected chi connectivity index (χ1v) is 9.85. The molecular weight excluding hydrogens is 384 g/mol. The van der Waals surface area contributed by atoms with Gasteiger partial charge in [-0.05, 0) is 31.2 Å². The second-order valence-electron chi connectivity index (χ2n) is 7.19. The first-order valence-electron chi connectivity index (χ1n) is 9.85. The summed E-state index contributed by atoms with van der Waals surface area (Å²) in [5, 5.41) is 2.94. The van der Waals surface area contributed by atoms with Gasteiger partial charge in [0.15, 0.2) is 11.5 Å². The Hall–Kier alpha value is -3.75. The molecule has 4 heterocycles. The van der Waals surface area contributed by atoms with Crippen molar-refractivity contribution < 1.29 is 14.3 Å². The second-order valence-corrected chi connectivity index (χ2v) is 7.19. The summed E-state index contributed by atoms with van der Waals surface area (Å²) in [5.74, 6) is 3.78. The zero-order chi connectivity index (χ0) is 20.5. The van der Waals surface area contributed by atoms with E-state index in [2.05, 4.69) is 20.2 Å². The second kappa shape index (κ2) is 7.58. The highest BCUT2D eigenvalue weighted by Crippen LogP contribution is 2.34. The van der Waals surface area contributed by atoms with Crippen molar-refractivity contribution in [2.45, 2.75) is 6.92 Å². The van der Waals surface area contributed by atoms with Gasteiger partial charge >= 0.3 is 6.03 Å². The van der Waals surface area contributed by atoms with Gasteiger partial charge in [-0.1, -0.05) is 0 Å². The van der Waals surface area contributed by atoms with Crippen molar-refractivity contribution in [3.05, 3.63) is 54.6 Å². The van der Waals surface area contributed by atoms with Crippen molar-refractivity contribution >= 4 is 17.5 Å². The number of nitrogens with zero attached hydrogens (tertiary/aromatic N) is 5. The number of carbonyl (C=O) groups excluding carboxylic acids is 1. The lowest BCUT2D eigenvalue weighted by Crippen LogP contribution is -2.50. The van der Waals surface area contributed by atoms with Gasteiger partial charge in [0.1, 0.15) is 17.5 Å². The van der Waals surface area contributed by atoms with E-state index < -0.39 is 0 Å². The number of aromatic nitrogens is 3. The standard InChI is InChI=1S/C21H22N6O3/c1-15-22-19(25-6-2-3-7-25)13-20(23-15)26-8-10-27(11-9-26)21(28)24-16-4-5-17-18(12-16)30-14-29-17/h2-7,12-13H,8-11,14H2,1H3,(H,24,28). The van der Waals surface area contributed by atoms with E-state index in [0.29, 0.717) is 43.4 Å². The van der Waals surface area contributed by atoms with Crippen LogP contribution in [0, 0.1) is 6.92 Å².